The van der Waals surface area contributed by atoms with E-state index < -0.39 is 0 Å². The Hall–Kier alpha value is -2.67. The van der Waals surface area contributed by atoms with Gasteiger partial charge in [-0.05, 0) is 32.6 Å². The van der Waals surface area contributed by atoms with Crippen LogP contribution in [0.1, 0.15) is 23.1 Å². The van der Waals surface area contributed by atoms with Crippen molar-refractivity contribution in [1.29, 1.82) is 0 Å². The van der Waals surface area contributed by atoms with Gasteiger partial charge in [0.2, 0.25) is 5.91 Å². The van der Waals surface area contributed by atoms with Gasteiger partial charge >= 0.3 is 0 Å². The predicted octanol–water partition coefficient (Wildman–Crippen LogP) is 1.77. The number of aryl methyl sites for hydroxylation is 2. The second-order valence-corrected chi connectivity index (χ2v) is 6.06. The van der Waals surface area contributed by atoms with E-state index in [4.69, 9.17) is 0 Å². The third-order valence-electron chi connectivity index (χ3n) is 3.96. The van der Waals surface area contributed by atoms with Crippen molar-refractivity contribution in [2.45, 2.75) is 13.3 Å². The van der Waals surface area contributed by atoms with Crippen LogP contribution in [0, 0.1) is 0 Å². The fourth-order valence-electron chi connectivity index (χ4n) is 2.97. The van der Waals surface area contributed by atoms with Crippen LogP contribution in [-0.4, -0.2) is 47.1 Å². The molecule has 7 nitrogen and oxygen atoms in total. The van der Waals surface area contributed by atoms with E-state index in [0.717, 1.165) is 5.69 Å². The first-order chi connectivity index (χ1) is 11.4. The van der Waals surface area contributed by atoms with Crippen molar-refractivity contribution in [2.75, 3.05) is 30.9 Å². The summed E-state index contributed by atoms with van der Waals surface area (Å²) in [7, 11) is 5.41. The average molecular weight is 327 g/mol. The number of hydrogen-bond donors (Lipinski definition) is 1. The number of carbonyl (C=O) groups is 2. The fourth-order valence-corrected chi connectivity index (χ4v) is 2.97. The molecule has 1 aliphatic rings. The molecule has 3 rings (SSSR count). The minimum atomic E-state index is -0.257. The number of amides is 2. The van der Waals surface area contributed by atoms with E-state index in [2.05, 4.69) is 10.4 Å². The van der Waals surface area contributed by atoms with Gasteiger partial charge in [0.15, 0.2) is 5.69 Å². The van der Waals surface area contributed by atoms with Crippen LogP contribution in [0.2, 0.25) is 0 Å². The zero-order chi connectivity index (χ0) is 17.4. The highest BCUT2D eigenvalue weighted by Crippen LogP contribution is 2.39. The lowest BCUT2D eigenvalue weighted by Gasteiger charge is -2.24. The van der Waals surface area contributed by atoms with Crippen molar-refractivity contribution in [1.82, 2.24) is 14.7 Å². The van der Waals surface area contributed by atoms with Crippen LogP contribution in [0.15, 0.2) is 24.3 Å². The van der Waals surface area contributed by atoms with Crippen molar-refractivity contribution in [3.8, 4) is 0 Å². The van der Waals surface area contributed by atoms with Crippen LogP contribution >= 0.6 is 0 Å². The Balaban J connectivity index is 2.27. The van der Waals surface area contributed by atoms with Gasteiger partial charge in [-0.1, -0.05) is 19.1 Å². The summed E-state index contributed by atoms with van der Waals surface area (Å²) < 4.78 is 1.55. The van der Waals surface area contributed by atoms with Crippen LogP contribution in [-0.2, 0) is 18.3 Å². The number of rotatable bonds is 3. The first-order valence-corrected chi connectivity index (χ1v) is 7.88. The van der Waals surface area contributed by atoms with E-state index >= 15 is 0 Å². The predicted molar refractivity (Wildman–Crippen MR) is 92.7 cm³/mol. The highest BCUT2D eigenvalue weighted by Gasteiger charge is 2.34. The molecular weight excluding hydrogens is 306 g/mol. The van der Waals surface area contributed by atoms with Crippen molar-refractivity contribution >= 4 is 28.9 Å². The molecule has 1 N–H and O–H groups in total. The minimum absolute atomic E-state index is 0.104. The Bertz CT molecular complexity index is 809. The second kappa shape index (κ2) is 6.09. The van der Waals surface area contributed by atoms with Gasteiger partial charge in [0, 0.05) is 7.05 Å². The average Bonchev–Trinajstić information content (AvgIpc) is 2.77. The van der Waals surface area contributed by atoms with E-state index in [1.165, 1.54) is 0 Å². The van der Waals surface area contributed by atoms with E-state index in [1.807, 2.05) is 44.1 Å². The normalized spacial score (nSPS) is 13.4. The number of hydrogen-bond acceptors (Lipinski definition) is 4. The first kappa shape index (κ1) is 16.2. The third-order valence-corrected chi connectivity index (χ3v) is 3.96. The smallest absolute Gasteiger partial charge is 0.276 e. The van der Waals surface area contributed by atoms with Crippen LogP contribution < -0.4 is 10.2 Å². The van der Waals surface area contributed by atoms with Gasteiger partial charge < -0.3 is 10.2 Å². The minimum Gasteiger partial charge on any atom is -0.319 e. The molecular formula is C17H21N5O2. The standard InChI is InChI=1S/C17H21N5O2/c1-5-11-15-16(21(4)19-11)17(24)18-12-8-6-7-9-13(12)22(15)14(23)10-20(2)3/h6-9H,5,10H2,1-4H3,(H,18,24). The molecule has 2 aromatic rings. The number of para-hydroxylation sites is 2. The number of nitrogens with one attached hydrogen (secondary N) is 1. The SMILES string of the molecule is CCc1nn(C)c2c1N(C(=O)CN(C)C)c1ccccc1NC2=O. The van der Waals surface area contributed by atoms with Gasteiger partial charge in [-0.15, -0.1) is 0 Å². The fraction of sp³-hybridized carbons (Fsp3) is 0.353. The van der Waals surface area contributed by atoms with Gasteiger partial charge in [0.05, 0.1) is 23.6 Å². The maximum Gasteiger partial charge on any atom is 0.276 e. The molecule has 126 valence electrons. The maximum absolute atomic E-state index is 13.0. The number of aromatic nitrogens is 2. The number of anilines is 3. The van der Waals surface area contributed by atoms with Crippen molar-refractivity contribution in [2.24, 2.45) is 7.05 Å². The van der Waals surface area contributed by atoms with Crippen molar-refractivity contribution in [3.05, 3.63) is 35.7 Å². The summed E-state index contributed by atoms with van der Waals surface area (Å²) in [6.07, 6.45) is 0.629. The van der Waals surface area contributed by atoms with Gasteiger partial charge in [-0.2, -0.15) is 5.10 Å². The zero-order valence-corrected chi connectivity index (χ0v) is 14.3. The number of carbonyl (C=O) groups excluding carboxylic acids is 2. The van der Waals surface area contributed by atoms with Crippen molar-refractivity contribution in [3.63, 3.8) is 0 Å². The van der Waals surface area contributed by atoms with Gasteiger partial charge in [-0.3, -0.25) is 19.2 Å². The Morgan fingerprint density at radius 1 is 1.29 bits per heavy atom. The largest absolute Gasteiger partial charge is 0.319 e. The molecule has 1 aromatic carbocycles. The highest BCUT2D eigenvalue weighted by molar-refractivity contribution is 6.17. The molecule has 0 spiro atoms. The lowest BCUT2D eigenvalue weighted by molar-refractivity contribution is -0.118. The number of nitrogens with zero attached hydrogens (tertiary/aromatic N) is 4. The number of fused-ring (bicyclic) bond motifs is 2. The molecule has 0 unspecified atom stereocenters. The summed E-state index contributed by atoms with van der Waals surface area (Å²) in [6.45, 7) is 2.20. The van der Waals surface area contributed by atoms with Gasteiger partial charge in [0.25, 0.3) is 5.91 Å². The van der Waals surface area contributed by atoms with Crippen LogP contribution in [0.25, 0.3) is 0 Å². The van der Waals surface area contributed by atoms with Crippen LogP contribution in [0.5, 0.6) is 0 Å². The molecule has 1 aliphatic heterocycles. The molecule has 7 heteroatoms. The molecule has 0 saturated carbocycles. The van der Waals surface area contributed by atoms with E-state index in [1.54, 1.807) is 22.7 Å². The summed E-state index contributed by atoms with van der Waals surface area (Å²) >= 11 is 0. The molecule has 2 amide bonds. The monoisotopic (exact) mass is 327 g/mol. The third kappa shape index (κ3) is 2.56. The van der Waals surface area contributed by atoms with E-state index in [-0.39, 0.29) is 18.4 Å². The molecule has 0 saturated heterocycles. The van der Waals surface area contributed by atoms with Gasteiger partial charge in [0.1, 0.15) is 5.69 Å². The Kier molecular flexibility index (Phi) is 4.11. The second-order valence-electron chi connectivity index (χ2n) is 6.06. The number of benzene rings is 1. The lowest BCUT2D eigenvalue weighted by Crippen LogP contribution is -2.35. The Morgan fingerprint density at radius 2 is 2.00 bits per heavy atom. The lowest BCUT2D eigenvalue weighted by atomic mass is 10.2. The molecule has 2 heterocycles. The van der Waals surface area contributed by atoms with Crippen LogP contribution in [0.3, 0.4) is 0 Å². The first-order valence-electron chi connectivity index (χ1n) is 7.88. The summed E-state index contributed by atoms with van der Waals surface area (Å²) in [6, 6.07) is 7.33. The van der Waals surface area contributed by atoms with Crippen molar-refractivity contribution < 1.29 is 9.59 Å². The molecule has 0 bridgehead atoms. The molecule has 0 fully saturated rings. The summed E-state index contributed by atoms with van der Waals surface area (Å²) in [5.41, 5.74) is 2.99. The summed E-state index contributed by atoms with van der Waals surface area (Å²) in [5, 5.41) is 7.32. The molecule has 0 atom stereocenters. The summed E-state index contributed by atoms with van der Waals surface area (Å²) in [5.74, 6) is -0.361. The van der Waals surface area contributed by atoms with Crippen LogP contribution in [0.4, 0.5) is 17.1 Å². The highest BCUT2D eigenvalue weighted by atomic mass is 16.2. The Morgan fingerprint density at radius 3 is 2.67 bits per heavy atom. The number of likely N-dealkylation sites (N-methyl/N-ethyl adjacent to an activating group) is 1. The molecule has 24 heavy (non-hydrogen) atoms. The maximum atomic E-state index is 13.0. The quantitative estimate of drug-likeness (QED) is 0.933. The molecule has 1 aromatic heterocycles. The van der Waals surface area contributed by atoms with E-state index in [0.29, 0.717) is 29.2 Å². The molecule has 0 radical (unpaired) electrons. The van der Waals surface area contributed by atoms with E-state index in [9.17, 15) is 9.59 Å². The zero-order valence-electron chi connectivity index (χ0n) is 14.3. The molecule has 0 aliphatic carbocycles. The summed E-state index contributed by atoms with van der Waals surface area (Å²) in [4.78, 5) is 29.1. The topological polar surface area (TPSA) is 70.5 Å². The Labute approximate surface area is 140 Å². The van der Waals surface area contributed by atoms with Gasteiger partial charge in [-0.25, -0.2) is 0 Å².